The molecular weight excluding hydrogens is 204 g/mol. The molecule has 0 aliphatic rings. The first-order valence-electron chi connectivity index (χ1n) is 5.06. The molecule has 0 bridgehead atoms. The summed E-state index contributed by atoms with van der Waals surface area (Å²) in [6.45, 7) is 3.86. The molecule has 84 valence electrons. The van der Waals surface area contributed by atoms with Gasteiger partial charge in [-0.15, -0.1) is 0 Å². The molecule has 0 heterocycles. The van der Waals surface area contributed by atoms with E-state index in [0.29, 0.717) is 5.75 Å². The molecule has 3 nitrogen and oxygen atoms in total. The van der Waals surface area contributed by atoms with Crippen molar-refractivity contribution in [1.82, 2.24) is 0 Å². The van der Waals surface area contributed by atoms with Crippen molar-refractivity contribution in [2.75, 3.05) is 0 Å². The predicted octanol–water partition coefficient (Wildman–Crippen LogP) is 2.30. The van der Waals surface area contributed by atoms with Gasteiger partial charge in [0.15, 0.2) is 0 Å². The Hall–Kier alpha value is -1.95. The van der Waals surface area contributed by atoms with Crippen LogP contribution in [0.3, 0.4) is 0 Å². The summed E-state index contributed by atoms with van der Waals surface area (Å²) in [6, 6.07) is 7.34. The number of ether oxygens (including phenoxy) is 1. The highest BCUT2D eigenvalue weighted by molar-refractivity contribution is 5.70. The number of carboxylic acids is 1. The summed E-state index contributed by atoms with van der Waals surface area (Å²) < 4.78 is 5.55. The Morgan fingerprint density at radius 1 is 1.44 bits per heavy atom. The molecule has 0 aliphatic carbocycles. The average Bonchev–Trinajstić information content (AvgIpc) is 2.19. The molecule has 0 saturated heterocycles. The van der Waals surface area contributed by atoms with Crippen LogP contribution in [0, 0.1) is 11.8 Å². The van der Waals surface area contributed by atoms with Gasteiger partial charge in [-0.25, -0.2) is 0 Å². The van der Waals surface area contributed by atoms with Gasteiger partial charge in [-0.05, 0) is 26.0 Å². The van der Waals surface area contributed by atoms with Crippen molar-refractivity contribution >= 4 is 5.97 Å². The van der Waals surface area contributed by atoms with E-state index in [9.17, 15) is 4.79 Å². The Balaban J connectivity index is 2.84. The summed E-state index contributed by atoms with van der Waals surface area (Å²) in [6.07, 6.45) is -0.0850. The van der Waals surface area contributed by atoms with Gasteiger partial charge in [-0.1, -0.05) is 24.0 Å². The Morgan fingerprint density at radius 2 is 2.12 bits per heavy atom. The number of carbonyl (C=O) groups is 1. The van der Waals surface area contributed by atoms with Crippen molar-refractivity contribution in [1.29, 1.82) is 0 Å². The smallest absolute Gasteiger partial charge is 0.315 e. The lowest BCUT2D eigenvalue weighted by atomic mass is 10.2. The quantitative estimate of drug-likeness (QED) is 0.792. The molecule has 1 aromatic rings. The van der Waals surface area contributed by atoms with E-state index in [0.717, 1.165) is 5.56 Å². The van der Waals surface area contributed by atoms with Crippen molar-refractivity contribution < 1.29 is 14.6 Å². The summed E-state index contributed by atoms with van der Waals surface area (Å²) in [4.78, 5) is 10.3. The number of carboxylic acid groups (broad SMARTS) is 1. The Kier molecular flexibility index (Phi) is 4.41. The maximum atomic E-state index is 10.3. The topological polar surface area (TPSA) is 46.5 Å². The van der Waals surface area contributed by atoms with Crippen molar-refractivity contribution in [2.45, 2.75) is 26.4 Å². The average molecular weight is 218 g/mol. The normalized spacial score (nSPS) is 9.44. The third-order valence-corrected chi connectivity index (χ3v) is 1.71. The molecule has 0 amide bonds. The molecule has 3 heteroatoms. The molecular formula is C13H14O3. The number of hydrogen-bond donors (Lipinski definition) is 1. The minimum atomic E-state index is -0.922. The summed E-state index contributed by atoms with van der Waals surface area (Å²) in [5.74, 6) is 5.15. The second-order valence-electron chi connectivity index (χ2n) is 3.54. The monoisotopic (exact) mass is 218 g/mol. The first-order valence-corrected chi connectivity index (χ1v) is 5.06. The van der Waals surface area contributed by atoms with E-state index in [4.69, 9.17) is 9.84 Å². The van der Waals surface area contributed by atoms with E-state index in [1.807, 2.05) is 38.1 Å². The zero-order valence-electron chi connectivity index (χ0n) is 9.36. The van der Waals surface area contributed by atoms with Gasteiger partial charge in [-0.2, -0.15) is 0 Å². The van der Waals surface area contributed by atoms with Crippen molar-refractivity contribution in [3.05, 3.63) is 29.8 Å². The van der Waals surface area contributed by atoms with Gasteiger partial charge in [0, 0.05) is 0 Å². The van der Waals surface area contributed by atoms with Crippen LogP contribution in [0.2, 0.25) is 0 Å². The van der Waals surface area contributed by atoms with E-state index < -0.39 is 5.97 Å². The lowest BCUT2D eigenvalue weighted by Crippen LogP contribution is -2.06. The van der Waals surface area contributed by atoms with Crippen molar-refractivity contribution in [2.24, 2.45) is 0 Å². The van der Waals surface area contributed by atoms with Crippen LogP contribution in [0.1, 0.15) is 25.8 Å². The number of rotatable bonds is 3. The van der Waals surface area contributed by atoms with Gasteiger partial charge in [0.2, 0.25) is 0 Å². The van der Waals surface area contributed by atoms with Crippen molar-refractivity contribution in [3.8, 4) is 17.6 Å². The Labute approximate surface area is 95.1 Å². The SMILES string of the molecule is CC(C)Oc1ccccc1C#CCC(=O)O. The fraction of sp³-hybridized carbons (Fsp3) is 0.308. The molecule has 0 spiro atoms. The van der Waals surface area contributed by atoms with E-state index >= 15 is 0 Å². The number of para-hydroxylation sites is 1. The third kappa shape index (κ3) is 4.05. The molecule has 0 aromatic heterocycles. The highest BCUT2D eigenvalue weighted by Gasteiger charge is 2.01. The number of hydrogen-bond acceptors (Lipinski definition) is 2. The summed E-state index contributed by atoms with van der Waals surface area (Å²) in [7, 11) is 0. The number of benzene rings is 1. The molecule has 0 unspecified atom stereocenters. The van der Waals surface area contributed by atoms with Crippen LogP contribution in [0.25, 0.3) is 0 Å². The van der Waals surface area contributed by atoms with E-state index in [-0.39, 0.29) is 12.5 Å². The van der Waals surface area contributed by atoms with Crippen LogP contribution in [0.5, 0.6) is 5.75 Å². The molecule has 1 aromatic carbocycles. The highest BCUT2D eigenvalue weighted by atomic mass is 16.5. The number of aliphatic carboxylic acids is 1. The van der Waals surface area contributed by atoms with Crippen LogP contribution >= 0.6 is 0 Å². The summed E-state index contributed by atoms with van der Waals surface area (Å²) >= 11 is 0. The first kappa shape index (κ1) is 12.1. The molecule has 0 aliphatic heterocycles. The van der Waals surface area contributed by atoms with Gasteiger partial charge in [0.1, 0.15) is 12.2 Å². The lowest BCUT2D eigenvalue weighted by Gasteiger charge is -2.10. The van der Waals surface area contributed by atoms with E-state index in [2.05, 4.69) is 11.8 Å². The van der Waals surface area contributed by atoms with Crippen LogP contribution in [0.15, 0.2) is 24.3 Å². The zero-order valence-corrected chi connectivity index (χ0v) is 9.36. The van der Waals surface area contributed by atoms with E-state index in [1.54, 1.807) is 0 Å². The van der Waals surface area contributed by atoms with Gasteiger partial charge >= 0.3 is 5.97 Å². The van der Waals surface area contributed by atoms with Crippen LogP contribution in [0.4, 0.5) is 0 Å². The van der Waals surface area contributed by atoms with Crippen LogP contribution < -0.4 is 4.74 Å². The first-order chi connectivity index (χ1) is 7.59. The second-order valence-corrected chi connectivity index (χ2v) is 3.54. The van der Waals surface area contributed by atoms with Gasteiger partial charge in [-0.3, -0.25) is 4.79 Å². The Morgan fingerprint density at radius 3 is 2.75 bits per heavy atom. The maximum absolute atomic E-state index is 10.3. The predicted molar refractivity (Wildman–Crippen MR) is 61.3 cm³/mol. The van der Waals surface area contributed by atoms with Gasteiger partial charge in [0.05, 0.1) is 11.7 Å². The molecule has 0 fully saturated rings. The minimum absolute atomic E-state index is 0.0717. The third-order valence-electron chi connectivity index (χ3n) is 1.71. The van der Waals surface area contributed by atoms with Gasteiger partial charge < -0.3 is 9.84 Å². The highest BCUT2D eigenvalue weighted by Crippen LogP contribution is 2.17. The molecule has 1 rings (SSSR count). The Bertz CT molecular complexity index is 424. The standard InChI is InChI=1S/C13H14O3/c1-10(2)16-12-8-4-3-6-11(12)7-5-9-13(14)15/h3-4,6,8,10H,9H2,1-2H3,(H,14,15). The fourth-order valence-electron chi connectivity index (χ4n) is 1.14. The summed E-state index contributed by atoms with van der Waals surface area (Å²) in [5.41, 5.74) is 0.720. The fourth-order valence-corrected chi connectivity index (χ4v) is 1.14. The largest absolute Gasteiger partial charge is 0.490 e. The van der Waals surface area contributed by atoms with E-state index in [1.165, 1.54) is 0 Å². The molecule has 1 N–H and O–H groups in total. The van der Waals surface area contributed by atoms with Gasteiger partial charge in [0.25, 0.3) is 0 Å². The van der Waals surface area contributed by atoms with Crippen LogP contribution in [-0.2, 0) is 4.79 Å². The minimum Gasteiger partial charge on any atom is -0.490 e. The second kappa shape index (κ2) is 5.82. The molecule has 0 saturated carbocycles. The molecule has 16 heavy (non-hydrogen) atoms. The maximum Gasteiger partial charge on any atom is 0.315 e. The summed E-state index contributed by atoms with van der Waals surface area (Å²) in [5, 5.41) is 8.47. The van der Waals surface area contributed by atoms with Crippen LogP contribution in [-0.4, -0.2) is 17.2 Å². The lowest BCUT2D eigenvalue weighted by molar-refractivity contribution is -0.135. The molecule has 0 radical (unpaired) electrons. The molecule has 0 atom stereocenters. The zero-order chi connectivity index (χ0) is 12.0. The van der Waals surface area contributed by atoms with Crippen molar-refractivity contribution in [3.63, 3.8) is 0 Å².